The second-order valence-electron chi connectivity index (χ2n) is 7.82. The normalized spacial score (nSPS) is 20.9. The highest BCUT2D eigenvalue weighted by atomic mass is 35.5. The number of benzene rings is 1. The third-order valence-corrected chi connectivity index (χ3v) is 5.46. The number of ketones is 1. The summed E-state index contributed by atoms with van der Waals surface area (Å²) in [7, 11) is 4.18. The summed E-state index contributed by atoms with van der Waals surface area (Å²) in [5, 5.41) is 0.606. The van der Waals surface area contributed by atoms with Gasteiger partial charge in [-0.05, 0) is 65.2 Å². The number of carbonyl (C=O) groups is 2. The van der Waals surface area contributed by atoms with Crippen molar-refractivity contribution >= 4 is 23.3 Å². The molecule has 0 radical (unpaired) electrons. The fourth-order valence-corrected chi connectivity index (χ4v) is 3.86. The number of halogens is 1. The lowest BCUT2D eigenvalue weighted by atomic mass is 10.0. The molecule has 0 spiro atoms. The van der Waals surface area contributed by atoms with E-state index in [-0.39, 0.29) is 24.5 Å². The lowest BCUT2D eigenvalue weighted by Gasteiger charge is -2.44. The van der Waals surface area contributed by atoms with Crippen molar-refractivity contribution in [3.8, 4) is 0 Å². The number of Topliss-reactive ketones (excluding diaryl/α,β-unsaturated/α-hetero) is 1. The first-order chi connectivity index (χ1) is 12.8. The summed E-state index contributed by atoms with van der Waals surface area (Å²) in [6, 6.07) is 7.52. The second kappa shape index (κ2) is 10.2. The Labute approximate surface area is 168 Å². The third-order valence-electron chi connectivity index (χ3n) is 5.21. The first kappa shape index (κ1) is 21.9. The van der Waals surface area contributed by atoms with Crippen LogP contribution in [0.3, 0.4) is 0 Å². The topological polar surface area (TPSA) is 43.9 Å². The Balaban J connectivity index is 1.81. The van der Waals surface area contributed by atoms with Gasteiger partial charge < -0.3 is 9.80 Å². The van der Waals surface area contributed by atoms with Crippen LogP contribution in [0, 0.1) is 0 Å². The lowest BCUT2D eigenvalue weighted by molar-refractivity contribution is -0.135. The van der Waals surface area contributed by atoms with Crippen molar-refractivity contribution in [2.24, 2.45) is 0 Å². The van der Waals surface area contributed by atoms with Crippen LogP contribution in [0.25, 0.3) is 0 Å². The SMILES string of the molecule is CC1CN(C(=O)CCC(=O)c2ccc(Cl)cc2)CC(C)N1CCCN(C)C. The van der Waals surface area contributed by atoms with Crippen LogP contribution in [0.1, 0.15) is 43.5 Å². The number of amides is 1. The van der Waals surface area contributed by atoms with Gasteiger partial charge in [-0.15, -0.1) is 0 Å². The molecule has 0 bridgehead atoms. The van der Waals surface area contributed by atoms with Crippen molar-refractivity contribution in [3.05, 3.63) is 34.9 Å². The second-order valence-corrected chi connectivity index (χ2v) is 8.26. The predicted molar refractivity (Wildman–Crippen MR) is 110 cm³/mol. The number of hydrogen-bond donors (Lipinski definition) is 0. The fraction of sp³-hybridized carbons (Fsp3) is 0.619. The predicted octanol–water partition coefficient (Wildman–Crippen LogP) is 3.18. The fourth-order valence-electron chi connectivity index (χ4n) is 3.73. The van der Waals surface area contributed by atoms with Gasteiger partial charge >= 0.3 is 0 Å². The van der Waals surface area contributed by atoms with Crippen molar-refractivity contribution in [1.82, 2.24) is 14.7 Å². The molecule has 5 nitrogen and oxygen atoms in total. The molecular formula is C21H32ClN3O2. The molecule has 1 aliphatic rings. The van der Waals surface area contributed by atoms with Gasteiger partial charge in [0, 0.05) is 55.1 Å². The minimum atomic E-state index is -0.0107. The molecule has 150 valence electrons. The maximum atomic E-state index is 12.6. The molecule has 27 heavy (non-hydrogen) atoms. The van der Waals surface area contributed by atoms with Crippen molar-refractivity contribution in [1.29, 1.82) is 0 Å². The summed E-state index contributed by atoms with van der Waals surface area (Å²) in [5.41, 5.74) is 0.611. The summed E-state index contributed by atoms with van der Waals surface area (Å²) in [5.74, 6) is 0.0624. The number of piperazine rings is 1. The van der Waals surface area contributed by atoms with Gasteiger partial charge in [-0.3, -0.25) is 14.5 Å². The average Bonchev–Trinajstić information content (AvgIpc) is 2.61. The summed E-state index contributed by atoms with van der Waals surface area (Å²) in [4.78, 5) is 31.5. The number of nitrogens with zero attached hydrogens (tertiary/aromatic N) is 3. The van der Waals surface area contributed by atoms with Gasteiger partial charge in [0.05, 0.1) is 0 Å². The maximum Gasteiger partial charge on any atom is 0.223 e. The first-order valence-electron chi connectivity index (χ1n) is 9.75. The Morgan fingerprint density at radius 1 is 1.07 bits per heavy atom. The van der Waals surface area contributed by atoms with Crippen molar-refractivity contribution in [3.63, 3.8) is 0 Å². The van der Waals surface area contributed by atoms with E-state index in [1.165, 1.54) is 0 Å². The smallest absolute Gasteiger partial charge is 0.223 e. The zero-order valence-corrected chi connectivity index (χ0v) is 17.7. The van der Waals surface area contributed by atoms with Gasteiger partial charge in [0.15, 0.2) is 5.78 Å². The Hall–Kier alpha value is -1.43. The summed E-state index contributed by atoms with van der Waals surface area (Å²) in [6.45, 7) is 7.97. The van der Waals surface area contributed by atoms with E-state index in [1.54, 1.807) is 24.3 Å². The molecule has 1 aromatic carbocycles. The molecule has 2 unspecified atom stereocenters. The van der Waals surface area contributed by atoms with E-state index in [2.05, 4.69) is 37.7 Å². The van der Waals surface area contributed by atoms with Gasteiger partial charge in [-0.25, -0.2) is 0 Å². The largest absolute Gasteiger partial charge is 0.340 e. The van der Waals surface area contributed by atoms with Crippen LogP contribution in [-0.4, -0.2) is 78.7 Å². The van der Waals surface area contributed by atoms with Gasteiger partial charge in [-0.2, -0.15) is 0 Å². The monoisotopic (exact) mass is 393 g/mol. The van der Waals surface area contributed by atoms with Crippen LogP contribution in [0.5, 0.6) is 0 Å². The van der Waals surface area contributed by atoms with Crippen molar-refractivity contribution in [2.45, 2.75) is 45.2 Å². The summed E-state index contributed by atoms with van der Waals surface area (Å²) < 4.78 is 0. The average molecular weight is 394 g/mol. The zero-order valence-electron chi connectivity index (χ0n) is 16.9. The van der Waals surface area contributed by atoms with Gasteiger partial charge in [0.1, 0.15) is 0 Å². The lowest BCUT2D eigenvalue weighted by Crippen LogP contribution is -2.58. The molecule has 0 aliphatic carbocycles. The molecule has 1 amide bonds. The van der Waals surface area contributed by atoms with E-state index in [1.807, 2.05) is 4.90 Å². The Kier molecular flexibility index (Phi) is 8.27. The van der Waals surface area contributed by atoms with Crippen molar-refractivity contribution < 1.29 is 9.59 Å². The number of carbonyl (C=O) groups excluding carboxylic acids is 2. The van der Waals surface area contributed by atoms with E-state index in [0.29, 0.717) is 22.7 Å². The number of hydrogen-bond acceptors (Lipinski definition) is 4. The maximum absolute atomic E-state index is 12.6. The summed E-state index contributed by atoms with van der Waals surface area (Å²) >= 11 is 5.85. The van der Waals surface area contributed by atoms with E-state index in [4.69, 9.17) is 11.6 Å². The highest BCUT2D eigenvalue weighted by Crippen LogP contribution is 2.18. The zero-order chi connectivity index (χ0) is 20.0. The Morgan fingerprint density at radius 3 is 2.22 bits per heavy atom. The molecule has 0 aromatic heterocycles. The van der Waals surface area contributed by atoms with Gasteiger partial charge in [0.25, 0.3) is 0 Å². The van der Waals surface area contributed by atoms with Crippen LogP contribution < -0.4 is 0 Å². The minimum Gasteiger partial charge on any atom is -0.340 e. The van der Waals surface area contributed by atoms with E-state index in [9.17, 15) is 9.59 Å². The molecular weight excluding hydrogens is 362 g/mol. The third kappa shape index (κ3) is 6.59. The quantitative estimate of drug-likeness (QED) is 0.636. The molecule has 1 fully saturated rings. The molecule has 2 rings (SSSR count). The highest BCUT2D eigenvalue weighted by molar-refractivity contribution is 6.30. The van der Waals surface area contributed by atoms with E-state index >= 15 is 0 Å². The molecule has 1 aliphatic heterocycles. The van der Waals surface area contributed by atoms with E-state index < -0.39 is 0 Å². The molecule has 0 N–H and O–H groups in total. The molecule has 1 saturated heterocycles. The van der Waals surface area contributed by atoms with Crippen LogP contribution in [0.4, 0.5) is 0 Å². The van der Waals surface area contributed by atoms with Gasteiger partial charge in [0.2, 0.25) is 5.91 Å². The van der Waals surface area contributed by atoms with E-state index in [0.717, 1.165) is 32.6 Å². The van der Waals surface area contributed by atoms with Crippen LogP contribution in [0.15, 0.2) is 24.3 Å². The number of rotatable bonds is 8. The molecule has 1 aromatic rings. The first-order valence-corrected chi connectivity index (χ1v) is 10.1. The summed E-state index contributed by atoms with van der Waals surface area (Å²) in [6.07, 6.45) is 1.64. The van der Waals surface area contributed by atoms with Crippen LogP contribution in [0.2, 0.25) is 5.02 Å². The Morgan fingerprint density at radius 2 is 1.67 bits per heavy atom. The molecule has 2 atom stereocenters. The standard InChI is InChI=1S/C21H32ClN3O2/c1-16-14-24(15-17(2)25(16)13-5-12-23(3)4)21(27)11-10-20(26)18-6-8-19(22)9-7-18/h6-9,16-17H,5,10-15H2,1-4H3. The molecule has 1 heterocycles. The van der Waals surface area contributed by atoms with Crippen molar-refractivity contribution in [2.75, 3.05) is 40.3 Å². The minimum absolute atomic E-state index is 0.0107. The molecule has 0 saturated carbocycles. The van der Waals surface area contributed by atoms with Crippen LogP contribution >= 0.6 is 11.6 Å². The van der Waals surface area contributed by atoms with Crippen LogP contribution in [-0.2, 0) is 4.79 Å². The van der Waals surface area contributed by atoms with Gasteiger partial charge in [-0.1, -0.05) is 11.6 Å². The Bertz CT molecular complexity index is 621. The molecule has 6 heteroatoms. The highest BCUT2D eigenvalue weighted by Gasteiger charge is 2.31.